The molecule has 0 aliphatic carbocycles. The number of amidine groups is 1. The van der Waals surface area contributed by atoms with E-state index in [1.165, 1.54) is 0 Å². The maximum absolute atomic E-state index is 6.12. The largest absolute Gasteiger partial charge is 0.492 e. The van der Waals surface area contributed by atoms with Crippen molar-refractivity contribution in [3.8, 4) is 17.1 Å². The molecule has 0 radical (unpaired) electrons. The van der Waals surface area contributed by atoms with Gasteiger partial charge in [0.1, 0.15) is 24.0 Å². The number of imidazole rings is 1. The standard InChI is InChI=1S/C28H27ClN6O.3ClH/c1-17(2)33-27(30)19-5-10-24-26(15-19)35-28(34-24)18-3-7-21(8-4-18)36-14-13-32-23-11-12-31-25-16-20(29)6-9-22(23)25;;;/h3-12,15-17H,13-14H2,1-2H3,(H2,30,33)(H,31,32)(H,34,35);3*1H. The summed E-state index contributed by atoms with van der Waals surface area (Å²) in [5, 5.41) is 5.11. The predicted molar refractivity (Wildman–Crippen MR) is 170 cm³/mol. The Hall–Kier alpha value is -3.23. The average Bonchev–Trinajstić information content (AvgIpc) is 3.30. The van der Waals surface area contributed by atoms with Crippen LogP contribution in [0.15, 0.2) is 77.9 Å². The highest BCUT2D eigenvalue weighted by Crippen LogP contribution is 2.25. The van der Waals surface area contributed by atoms with Gasteiger partial charge in [-0.15, -0.1) is 37.2 Å². The van der Waals surface area contributed by atoms with E-state index in [9.17, 15) is 0 Å². The second-order valence-electron chi connectivity index (χ2n) is 8.75. The highest BCUT2D eigenvalue weighted by atomic mass is 35.5. The SMILES string of the molecule is CC(C)N=C(N)c1ccc2nc(-c3ccc(OCCNc4ccnc5cc(Cl)ccc45)cc3)[nH]c2c1.Cl.Cl.Cl. The van der Waals surface area contributed by atoms with Crippen LogP contribution in [0.25, 0.3) is 33.3 Å². The summed E-state index contributed by atoms with van der Waals surface area (Å²) in [5.41, 5.74) is 11.6. The molecule has 5 aromatic rings. The molecule has 0 fully saturated rings. The van der Waals surface area contributed by atoms with Crippen LogP contribution in [0, 0.1) is 0 Å². The molecular formula is C28H30Cl4N6O. The first-order valence-corrected chi connectivity index (χ1v) is 12.2. The molecule has 0 atom stereocenters. The van der Waals surface area contributed by atoms with Crippen LogP contribution in [-0.4, -0.2) is 40.0 Å². The third-order valence-corrected chi connectivity index (χ3v) is 5.93. The molecule has 0 spiro atoms. The van der Waals surface area contributed by atoms with Crippen LogP contribution in [0.4, 0.5) is 5.69 Å². The van der Waals surface area contributed by atoms with Crippen molar-refractivity contribution in [1.82, 2.24) is 15.0 Å². The molecule has 2 heterocycles. The Kier molecular flexibility index (Phi) is 11.7. The number of halogens is 4. The zero-order valence-electron chi connectivity index (χ0n) is 21.3. The number of aromatic amines is 1. The molecule has 0 unspecified atom stereocenters. The Morgan fingerprint density at radius 2 is 1.77 bits per heavy atom. The molecule has 0 saturated carbocycles. The van der Waals surface area contributed by atoms with Gasteiger partial charge in [-0.05, 0) is 80.6 Å². The molecule has 11 heteroatoms. The summed E-state index contributed by atoms with van der Waals surface area (Å²) < 4.78 is 5.93. The van der Waals surface area contributed by atoms with Gasteiger partial charge >= 0.3 is 0 Å². The quantitative estimate of drug-likeness (QED) is 0.0975. The zero-order valence-corrected chi connectivity index (χ0v) is 24.6. The molecule has 0 saturated heterocycles. The van der Waals surface area contributed by atoms with Crippen molar-refractivity contribution in [1.29, 1.82) is 0 Å². The number of fused-ring (bicyclic) bond motifs is 2. The molecule has 0 bridgehead atoms. The highest BCUT2D eigenvalue weighted by Gasteiger charge is 2.09. The van der Waals surface area contributed by atoms with Gasteiger partial charge < -0.3 is 20.8 Å². The normalized spacial score (nSPS) is 11.0. The number of pyridine rings is 1. The molecule has 0 aliphatic heterocycles. The molecule has 2 aromatic heterocycles. The summed E-state index contributed by atoms with van der Waals surface area (Å²) in [6, 6.07) is 21.6. The number of aromatic nitrogens is 3. The number of nitrogens with one attached hydrogen (secondary N) is 2. The van der Waals surface area contributed by atoms with Gasteiger partial charge in [0.05, 0.1) is 16.6 Å². The summed E-state index contributed by atoms with van der Waals surface area (Å²) in [7, 11) is 0. The van der Waals surface area contributed by atoms with Crippen LogP contribution >= 0.6 is 48.8 Å². The second kappa shape index (κ2) is 14.2. The van der Waals surface area contributed by atoms with E-state index in [1.54, 1.807) is 6.20 Å². The summed E-state index contributed by atoms with van der Waals surface area (Å²) >= 11 is 6.07. The lowest BCUT2D eigenvalue weighted by Crippen LogP contribution is -2.15. The maximum atomic E-state index is 6.12. The minimum absolute atomic E-state index is 0. The third kappa shape index (κ3) is 7.67. The van der Waals surface area contributed by atoms with Crippen molar-refractivity contribution < 1.29 is 4.74 Å². The minimum Gasteiger partial charge on any atom is -0.492 e. The number of hydrogen-bond acceptors (Lipinski definition) is 5. The van der Waals surface area contributed by atoms with Crippen LogP contribution in [0.1, 0.15) is 19.4 Å². The van der Waals surface area contributed by atoms with Crippen molar-refractivity contribution in [2.75, 3.05) is 18.5 Å². The Morgan fingerprint density at radius 1 is 1.00 bits per heavy atom. The molecule has 39 heavy (non-hydrogen) atoms. The Bertz CT molecular complexity index is 1550. The number of anilines is 1. The number of benzene rings is 3. The van der Waals surface area contributed by atoms with Gasteiger partial charge in [0, 0.05) is 46.0 Å². The molecule has 7 nitrogen and oxygen atoms in total. The Morgan fingerprint density at radius 3 is 2.51 bits per heavy atom. The van der Waals surface area contributed by atoms with E-state index in [2.05, 4.69) is 20.3 Å². The molecule has 0 aliphatic rings. The summed E-state index contributed by atoms with van der Waals surface area (Å²) in [6.07, 6.45) is 1.77. The number of nitrogens with two attached hydrogens (primary N) is 1. The summed E-state index contributed by atoms with van der Waals surface area (Å²) in [6.45, 7) is 5.17. The maximum Gasteiger partial charge on any atom is 0.138 e. The number of aliphatic imine (C=N–C) groups is 1. The average molecular weight is 608 g/mol. The lowest BCUT2D eigenvalue weighted by Gasteiger charge is -2.11. The van der Waals surface area contributed by atoms with Crippen molar-refractivity contribution >= 4 is 82.3 Å². The van der Waals surface area contributed by atoms with Crippen molar-refractivity contribution in [2.45, 2.75) is 19.9 Å². The number of hydrogen-bond donors (Lipinski definition) is 3. The van der Waals surface area contributed by atoms with E-state index in [0.29, 0.717) is 24.0 Å². The van der Waals surface area contributed by atoms with Crippen molar-refractivity contribution in [2.24, 2.45) is 10.7 Å². The van der Waals surface area contributed by atoms with E-state index in [1.807, 2.05) is 80.6 Å². The number of rotatable bonds is 8. The van der Waals surface area contributed by atoms with Crippen LogP contribution < -0.4 is 15.8 Å². The van der Waals surface area contributed by atoms with Crippen molar-refractivity contribution in [3.63, 3.8) is 0 Å². The van der Waals surface area contributed by atoms with E-state index >= 15 is 0 Å². The smallest absolute Gasteiger partial charge is 0.138 e. The first-order chi connectivity index (χ1) is 17.5. The molecule has 0 amide bonds. The molecular weight excluding hydrogens is 578 g/mol. The molecule has 4 N–H and O–H groups in total. The topological polar surface area (TPSA) is 101 Å². The molecule has 5 rings (SSSR count). The number of nitrogens with zero attached hydrogens (tertiary/aromatic N) is 3. The van der Waals surface area contributed by atoms with Gasteiger partial charge in [-0.1, -0.05) is 11.6 Å². The van der Waals surface area contributed by atoms with Gasteiger partial charge in [0.25, 0.3) is 0 Å². The number of H-pyrrole nitrogens is 1. The van der Waals surface area contributed by atoms with E-state index in [4.69, 9.17) is 27.1 Å². The van der Waals surface area contributed by atoms with Crippen LogP contribution in [0.3, 0.4) is 0 Å². The highest BCUT2D eigenvalue weighted by molar-refractivity contribution is 6.31. The first kappa shape index (κ1) is 32.0. The van der Waals surface area contributed by atoms with Crippen LogP contribution in [0.2, 0.25) is 5.02 Å². The first-order valence-electron chi connectivity index (χ1n) is 11.8. The lowest BCUT2D eigenvalue weighted by atomic mass is 10.2. The van der Waals surface area contributed by atoms with Gasteiger partial charge in [0.15, 0.2) is 0 Å². The predicted octanol–water partition coefficient (Wildman–Crippen LogP) is 7.30. The van der Waals surface area contributed by atoms with Crippen molar-refractivity contribution in [3.05, 3.63) is 83.5 Å². The Labute approximate surface area is 250 Å². The summed E-state index contributed by atoms with van der Waals surface area (Å²) in [5.74, 6) is 2.11. The second-order valence-corrected chi connectivity index (χ2v) is 9.18. The van der Waals surface area contributed by atoms with Gasteiger partial charge in [-0.2, -0.15) is 0 Å². The van der Waals surface area contributed by atoms with E-state index < -0.39 is 0 Å². The van der Waals surface area contributed by atoms with Gasteiger partial charge in [0.2, 0.25) is 0 Å². The fraction of sp³-hybridized carbons (Fsp3) is 0.179. The lowest BCUT2D eigenvalue weighted by molar-refractivity contribution is 0.333. The summed E-state index contributed by atoms with van der Waals surface area (Å²) in [4.78, 5) is 16.9. The van der Waals surface area contributed by atoms with Gasteiger partial charge in [-0.25, -0.2) is 4.98 Å². The zero-order chi connectivity index (χ0) is 25.1. The fourth-order valence-electron chi connectivity index (χ4n) is 4.00. The van der Waals surface area contributed by atoms with E-state index in [0.717, 1.165) is 50.3 Å². The monoisotopic (exact) mass is 606 g/mol. The number of ether oxygens (including phenoxy) is 1. The molecule has 3 aromatic carbocycles. The van der Waals surface area contributed by atoms with Crippen LogP contribution in [-0.2, 0) is 0 Å². The molecule has 206 valence electrons. The Balaban J connectivity index is 0.00000178. The van der Waals surface area contributed by atoms with Crippen LogP contribution in [0.5, 0.6) is 5.75 Å². The minimum atomic E-state index is 0. The fourth-order valence-corrected chi connectivity index (χ4v) is 4.16. The third-order valence-electron chi connectivity index (χ3n) is 5.69. The van der Waals surface area contributed by atoms with E-state index in [-0.39, 0.29) is 43.3 Å². The van der Waals surface area contributed by atoms with Gasteiger partial charge in [-0.3, -0.25) is 9.98 Å².